The highest BCUT2D eigenvalue weighted by molar-refractivity contribution is 6.10. The minimum Gasteiger partial charge on any atom is -0.446 e. The molecule has 5 rings (SSSR count). The van der Waals surface area contributed by atoms with Gasteiger partial charge < -0.3 is 9.32 Å². The smallest absolute Gasteiger partial charge is 0.416 e. The lowest BCUT2D eigenvalue weighted by Gasteiger charge is -2.56. The van der Waals surface area contributed by atoms with Crippen molar-refractivity contribution >= 4 is 17.5 Å². The number of aromatic nitrogens is 1. The largest absolute Gasteiger partial charge is 0.446 e. The summed E-state index contributed by atoms with van der Waals surface area (Å²) in [6, 6.07) is 9.86. The molecule has 37 heavy (non-hydrogen) atoms. The van der Waals surface area contributed by atoms with Crippen molar-refractivity contribution in [2.45, 2.75) is 43.9 Å². The van der Waals surface area contributed by atoms with Crippen molar-refractivity contribution in [2.75, 3.05) is 11.4 Å². The zero-order valence-corrected chi connectivity index (χ0v) is 19.6. The highest BCUT2D eigenvalue weighted by Gasteiger charge is 2.61. The molecule has 11 heteroatoms. The van der Waals surface area contributed by atoms with Gasteiger partial charge in [0, 0.05) is 12.5 Å². The van der Waals surface area contributed by atoms with Crippen LogP contribution in [-0.2, 0) is 22.3 Å². The molecular formula is C26H20F4N4O3. The van der Waals surface area contributed by atoms with Gasteiger partial charge in [-0.1, -0.05) is 12.1 Å². The molecule has 1 aliphatic heterocycles. The van der Waals surface area contributed by atoms with Gasteiger partial charge in [0.2, 0.25) is 5.91 Å². The van der Waals surface area contributed by atoms with Crippen molar-refractivity contribution in [1.29, 1.82) is 5.26 Å². The number of nitrogens with zero attached hydrogens (tertiary/aromatic N) is 4. The van der Waals surface area contributed by atoms with Crippen LogP contribution >= 0.6 is 0 Å². The summed E-state index contributed by atoms with van der Waals surface area (Å²) in [6.07, 6.45) is -2.64. The minimum absolute atomic E-state index is 0.0682. The average molecular weight is 512 g/mol. The molecule has 0 radical (unpaired) electrons. The van der Waals surface area contributed by atoms with E-state index < -0.39 is 41.5 Å². The van der Waals surface area contributed by atoms with E-state index in [1.807, 2.05) is 6.07 Å². The molecule has 1 saturated heterocycles. The standard InChI is InChI=1S/C26H20F4N4O3/c1-15-12-32-23(37-15)18-9-25(10-18)24(36)33(21-7-4-17(11-31)8-20(21)27)14-22(35)34(25)13-16-2-5-19(6-3-16)26(28,29)30/h2-8,12,18H,9-10,13-14H2,1H3/t18-,25+. The number of piperazine rings is 1. The fourth-order valence-electron chi connectivity index (χ4n) is 4.99. The molecule has 2 fully saturated rings. The van der Waals surface area contributed by atoms with Crippen molar-refractivity contribution in [2.24, 2.45) is 0 Å². The summed E-state index contributed by atoms with van der Waals surface area (Å²) in [7, 11) is 0. The summed E-state index contributed by atoms with van der Waals surface area (Å²) in [5.41, 5.74) is -1.81. The second kappa shape index (κ2) is 8.73. The SMILES string of the molecule is Cc1cnc([C@H]2C[C@@]3(C2)C(=O)N(c2ccc(C#N)cc2F)CC(=O)N3Cc2ccc(C(F)(F)F)cc2)o1. The van der Waals surface area contributed by atoms with Crippen molar-refractivity contribution in [3.63, 3.8) is 0 Å². The topological polar surface area (TPSA) is 90.4 Å². The van der Waals surface area contributed by atoms with E-state index in [0.717, 1.165) is 23.1 Å². The fraction of sp³-hybridized carbons (Fsp3) is 0.308. The first-order chi connectivity index (χ1) is 17.5. The molecule has 190 valence electrons. The molecular weight excluding hydrogens is 492 g/mol. The summed E-state index contributed by atoms with van der Waals surface area (Å²) in [4.78, 5) is 33.9. The van der Waals surface area contributed by atoms with Gasteiger partial charge in [-0.3, -0.25) is 14.5 Å². The summed E-state index contributed by atoms with van der Waals surface area (Å²) >= 11 is 0. The number of anilines is 1. The Morgan fingerprint density at radius 1 is 1.16 bits per heavy atom. The van der Waals surface area contributed by atoms with Crippen molar-refractivity contribution in [3.05, 3.63) is 82.8 Å². The van der Waals surface area contributed by atoms with Gasteiger partial charge in [0.1, 0.15) is 23.7 Å². The zero-order valence-electron chi connectivity index (χ0n) is 19.6. The third-order valence-corrected chi connectivity index (χ3v) is 6.90. The van der Waals surface area contributed by atoms with Crippen LogP contribution in [0, 0.1) is 24.1 Å². The average Bonchev–Trinajstić information content (AvgIpc) is 3.26. The molecule has 1 aromatic heterocycles. The molecule has 0 N–H and O–H groups in total. The van der Waals surface area contributed by atoms with E-state index in [2.05, 4.69) is 4.98 Å². The Labute approximate surface area is 208 Å². The number of halogens is 4. The van der Waals surface area contributed by atoms with E-state index >= 15 is 0 Å². The first-order valence-electron chi connectivity index (χ1n) is 11.4. The van der Waals surface area contributed by atoms with E-state index in [1.54, 1.807) is 13.1 Å². The highest BCUT2D eigenvalue weighted by Crippen LogP contribution is 2.51. The van der Waals surface area contributed by atoms with Crippen LogP contribution in [0.2, 0.25) is 0 Å². The van der Waals surface area contributed by atoms with Gasteiger partial charge in [-0.25, -0.2) is 9.37 Å². The van der Waals surface area contributed by atoms with E-state index in [0.29, 0.717) is 17.2 Å². The van der Waals surface area contributed by atoms with E-state index in [9.17, 15) is 27.2 Å². The fourth-order valence-corrected chi connectivity index (χ4v) is 4.99. The number of benzene rings is 2. The van der Waals surface area contributed by atoms with Gasteiger partial charge in [0.15, 0.2) is 5.89 Å². The maximum absolute atomic E-state index is 14.8. The number of aryl methyl sites for hydroxylation is 1. The molecule has 1 saturated carbocycles. The summed E-state index contributed by atoms with van der Waals surface area (Å²) < 4.78 is 59.4. The molecule has 3 aromatic rings. The van der Waals surface area contributed by atoms with Gasteiger partial charge in [0.05, 0.1) is 29.1 Å². The maximum atomic E-state index is 14.8. The molecule has 0 atom stereocenters. The molecule has 2 heterocycles. The van der Waals surface area contributed by atoms with Crippen LogP contribution < -0.4 is 4.90 Å². The number of carbonyl (C=O) groups excluding carboxylic acids is 2. The van der Waals surface area contributed by atoms with Gasteiger partial charge in [-0.15, -0.1) is 0 Å². The van der Waals surface area contributed by atoms with E-state index in [4.69, 9.17) is 9.68 Å². The number of oxazole rings is 1. The molecule has 7 nitrogen and oxygen atoms in total. The second-order valence-corrected chi connectivity index (χ2v) is 9.29. The first-order valence-corrected chi connectivity index (χ1v) is 11.4. The van der Waals surface area contributed by atoms with Crippen molar-refractivity contribution in [3.8, 4) is 6.07 Å². The van der Waals surface area contributed by atoms with Crippen molar-refractivity contribution in [1.82, 2.24) is 9.88 Å². The number of rotatable bonds is 4. The van der Waals surface area contributed by atoms with Gasteiger partial charge in [-0.2, -0.15) is 18.4 Å². The molecule has 0 bridgehead atoms. The number of hydrogen-bond donors (Lipinski definition) is 0. The van der Waals surface area contributed by atoms with Crippen LogP contribution in [-0.4, -0.2) is 33.8 Å². The van der Waals surface area contributed by atoms with Crippen LogP contribution in [0.5, 0.6) is 0 Å². The Balaban J connectivity index is 1.48. The quantitative estimate of drug-likeness (QED) is 0.473. The van der Waals surface area contributed by atoms with Gasteiger partial charge in [0.25, 0.3) is 5.91 Å². The third kappa shape index (κ3) is 4.22. The minimum atomic E-state index is -4.50. The molecule has 2 aliphatic rings. The molecule has 1 aliphatic carbocycles. The number of amides is 2. The Hall–Kier alpha value is -4.20. The van der Waals surface area contributed by atoms with Gasteiger partial charge >= 0.3 is 6.18 Å². The van der Waals surface area contributed by atoms with E-state index in [-0.39, 0.29) is 36.6 Å². The second-order valence-electron chi connectivity index (χ2n) is 9.29. The molecule has 1 spiro atoms. The Bertz CT molecular complexity index is 1420. The number of nitriles is 1. The van der Waals surface area contributed by atoms with Crippen molar-refractivity contribution < 1.29 is 31.6 Å². The summed E-state index contributed by atoms with van der Waals surface area (Å²) in [5, 5.41) is 9.03. The molecule has 0 unspecified atom stereocenters. The zero-order chi connectivity index (χ0) is 26.5. The van der Waals surface area contributed by atoms with E-state index in [1.165, 1.54) is 29.2 Å². The van der Waals surface area contributed by atoms with Crippen LogP contribution in [0.1, 0.15) is 47.1 Å². The molecule has 2 amide bonds. The first kappa shape index (κ1) is 24.5. The Morgan fingerprint density at radius 3 is 2.43 bits per heavy atom. The Kier molecular flexibility index (Phi) is 5.78. The predicted molar refractivity (Wildman–Crippen MR) is 121 cm³/mol. The molecule has 2 aromatic carbocycles. The predicted octanol–water partition coefficient (Wildman–Crippen LogP) is 4.70. The lowest BCUT2D eigenvalue weighted by molar-refractivity contribution is -0.160. The Morgan fingerprint density at radius 2 is 1.86 bits per heavy atom. The van der Waals surface area contributed by atoms with Crippen LogP contribution in [0.4, 0.5) is 23.2 Å². The monoisotopic (exact) mass is 512 g/mol. The number of hydrogen-bond acceptors (Lipinski definition) is 5. The highest BCUT2D eigenvalue weighted by atomic mass is 19.4. The summed E-state index contributed by atoms with van der Waals surface area (Å²) in [6.45, 7) is 1.18. The normalized spacial score (nSPS) is 21.8. The lowest BCUT2D eigenvalue weighted by Crippen LogP contribution is -2.72. The van der Waals surface area contributed by atoms with Crippen LogP contribution in [0.3, 0.4) is 0 Å². The van der Waals surface area contributed by atoms with Crippen LogP contribution in [0.25, 0.3) is 0 Å². The third-order valence-electron chi connectivity index (χ3n) is 6.90. The maximum Gasteiger partial charge on any atom is 0.416 e. The number of carbonyl (C=O) groups is 2. The summed E-state index contributed by atoms with van der Waals surface area (Å²) in [5.74, 6) is -1.08. The van der Waals surface area contributed by atoms with Crippen LogP contribution in [0.15, 0.2) is 53.1 Å². The van der Waals surface area contributed by atoms with Gasteiger partial charge in [-0.05, 0) is 55.7 Å². The number of alkyl halides is 3. The lowest BCUT2D eigenvalue weighted by atomic mass is 9.65.